The number of rotatable bonds is 5. The Labute approximate surface area is 124 Å². The van der Waals surface area contributed by atoms with Crippen molar-refractivity contribution >= 4 is 10.8 Å². The molecule has 1 aromatic heterocycles. The monoisotopic (exact) mass is 280 g/mol. The van der Waals surface area contributed by atoms with Gasteiger partial charge in [0.05, 0.1) is 6.10 Å². The van der Waals surface area contributed by atoms with Crippen LogP contribution in [0, 0.1) is 0 Å². The molecule has 0 saturated carbocycles. The van der Waals surface area contributed by atoms with Crippen molar-refractivity contribution in [2.75, 3.05) is 6.54 Å². The lowest BCUT2D eigenvalue weighted by atomic mass is 10.0. The molecule has 0 saturated heterocycles. The lowest BCUT2D eigenvalue weighted by molar-refractivity contribution is 0.174. The summed E-state index contributed by atoms with van der Waals surface area (Å²) in [6.07, 6.45) is 3.62. The quantitative estimate of drug-likeness (QED) is 0.754. The van der Waals surface area contributed by atoms with Gasteiger partial charge >= 0.3 is 0 Å². The maximum Gasteiger partial charge on any atom is 0.0914 e. The van der Waals surface area contributed by atoms with Gasteiger partial charge in [0.2, 0.25) is 0 Å². The normalized spacial score (nSPS) is 12.7. The fraction of sp³-hybridized carbons (Fsp3) is 0.222. The van der Waals surface area contributed by atoms with Crippen LogP contribution in [0.2, 0.25) is 0 Å². The highest BCUT2D eigenvalue weighted by Crippen LogP contribution is 2.20. The molecule has 3 rings (SSSR count). The average molecular weight is 280 g/mol. The Balaban J connectivity index is 1.62. The van der Waals surface area contributed by atoms with Crippen molar-refractivity contribution in [1.29, 1.82) is 0 Å². The van der Waals surface area contributed by atoms with Crippen molar-refractivity contribution in [1.82, 2.24) is 9.88 Å². The molecule has 1 unspecified atom stereocenters. The Hall–Kier alpha value is -2.10. The third-order valence-corrected chi connectivity index (χ3v) is 3.72. The number of aliphatic hydroxyl groups excluding tert-OH is 1. The van der Waals surface area contributed by atoms with Gasteiger partial charge in [-0.3, -0.25) is 0 Å². The molecule has 3 aromatic rings. The van der Waals surface area contributed by atoms with Gasteiger partial charge < -0.3 is 15.0 Å². The Bertz CT molecular complexity index is 733. The first kappa shape index (κ1) is 13.9. The molecule has 2 N–H and O–H groups in total. The first-order valence-electron chi connectivity index (χ1n) is 7.21. The number of aryl methyl sites for hydroxylation is 1. The Morgan fingerprint density at radius 2 is 1.90 bits per heavy atom. The number of fused-ring (bicyclic) bond motifs is 1. The number of aromatic nitrogens is 1. The molecule has 0 aliphatic rings. The van der Waals surface area contributed by atoms with Crippen molar-refractivity contribution in [2.24, 2.45) is 7.05 Å². The van der Waals surface area contributed by atoms with E-state index in [0.717, 1.165) is 17.5 Å². The molecule has 0 amide bonds. The van der Waals surface area contributed by atoms with Crippen LogP contribution in [-0.4, -0.2) is 16.2 Å². The smallest absolute Gasteiger partial charge is 0.0914 e. The zero-order valence-electron chi connectivity index (χ0n) is 12.2. The minimum absolute atomic E-state index is 0.488. The second kappa shape index (κ2) is 6.12. The van der Waals surface area contributed by atoms with E-state index in [1.165, 1.54) is 10.9 Å². The number of hydrogen-bond acceptors (Lipinski definition) is 2. The first-order chi connectivity index (χ1) is 10.2. The van der Waals surface area contributed by atoms with Crippen LogP contribution in [0.5, 0.6) is 0 Å². The highest BCUT2D eigenvalue weighted by atomic mass is 16.3. The average Bonchev–Trinajstić information content (AvgIpc) is 2.92. The molecule has 0 aliphatic heterocycles. The molecule has 3 heteroatoms. The van der Waals surface area contributed by atoms with Gasteiger partial charge in [0, 0.05) is 32.5 Å². The summed E-state index contributed by atoms with van der Waals surface area (Å²) in [7, 11) is 2.01. The summed E-state index contributed by atoms with van der Waals surface area (Å²) in [6, 6.07) is 16.4. The maximum atomic E-state index is 10.3. The molecule has 108 valence electrons. The molecular weight excluding hydrogens is 260 g/mol. The molecule has 0 fully saturated rings. The number of hydrogen-bond donors (Lipinski definition) is 2. The van der Waals surface area contributed by atoms with Crippen LogP contribution < -0.4 is 5.32 Å². The van der Waals surface area contributed by atoms with E-state index in [0.29, 0.717) is 6.54 Å². The van der Waals surface area contributed by atoms with Gasteiger partial charge in [-0.25, -0.2) is 0 Å². The second-order valence-corrected chi connectivity index (χ2v) is 5.44. The van der Waals surface area contributed by atoms with E-state index < -0.39 is 6.10 Å². The summed E-state index contributed by atoms with van der Waals surface area (Å²) in [4.78, 5) is 0. The third-order valence-electron chi connectivity index (χ3n) is 3.72. The molecule has 3 nitrogen and oxygen atoms in total. The predicted molar refractivity (Wildman–Crippen MR) is 86.0 cm³/mol. The zero-order valence-corrected chi connectivity index (χ0v) is 12.2. The van der Waals surface area contributed by atoms with Crippen molar-refractivity contribution in [3.8, 4) is 0 Å². The molecule has 0 aliphatic carbocycles. The van der Waals surface area contributed by atoms with Gasteiger partial charge in [-0.15, -0.1) is 0 Å². The summed E-state index contributed by atoms with van der Waals surface area (Å²) >= 11 is 0. The molecular formula is C18H20N2O. The van der Waals surface area contributed by atoms with Crippen LogP contribution in [0.25, 0.3) is 10.8 Å². The van der Waals surface area contributed by atoms with Crippen LogP contribution in [0.15, 0.2) is 60.9 Å². The standard InChI is InChI=1S/C18H20N2O/c1-20-9-8-14(13-20)11-19-12-18(21)17-7-6-15-4-2-3-5-16(15)10-17/h2-10,13,18-19,21H,11-12H2,1H3. The molecule has 0 spiro atoms. The van der Waals surface area contributed by atoms with Crippen LogP contribution in [0.4, 0.5) is 0 Å². The van der Waals surface area contributed by atoms with E-state index in [4.69, 9.17) is 0 Å². The van der Waals surface area contributed by atoms with E-state index in [1.807, 2.05) is 36.0 Å². The van der Waals surface area contributed by atoms with Gasteiger partial charge in [0.15, 0.2) is 0 Å². The lowest BCUT2D eigenvalue weighted by Crippen LogP contribution is -2.20. The molecule has 2 aromatic carbocycles. The minimum Gasteiger partial charge on any atom is -0.387 e. The van der Waals surface area contributed by atoms with E-state index in [-0.39, 0.29) is 0 Å². The number of nitrogens with one attached hydrogen (secondary N) is 1. The Morgan fingerprint density at radius 1 is 1.10 bits per heavy atom. The van der Waals surface area contributed by atoms with Gasteiger partial charge in [-0.05, 0) is 34.0 Å². The molecule has 1 heterocycles. The second-order valence-electron chi connectivity index (χ2n) is 5.44. The highest BCUT2D eigenvalue weighted by molar-refractivity contribution is 5.83. The number of benzene rings is 2. The summed E-state index contributed by atoms with van der Waals surface area (Å²) in [5.74, 6) is 0. The first-order valence-corrected chi connectivity index (χ1v) is 7.21. The van der Waals surface area contributed by atoms with Gasteiger partial charge in [-0.2, -0.15) is 0 Å². The van der Waals surface area contributed by atoms with Crippen LogP contribution in [0.3, 0.4) is 0 Å². The molecule has 21 heavy (non-hydrogen) atoms. The van der Waals surface area contributed by atoms with Crippen LogP contribution >= 0.6 is 0 Å². The van der Waals surface area contributed by atoms with Crippen molar-refractivity contribution in [3.63, 3.8) is 0 Å². The SMILES string of the molecule is Cn1ccc(CNCC(O)c2ccc3ccccc3c2)c1. The summed E-state index contributed by atoms with van der Waals surface area (Å²) < 4.78 is 2.02. The van der Waals surface area contributed by atoms with E-state index >= 15 is 0 Å². The predicted octanol–water partition coefficient (Wildman–Crippen LogP) is 3.00. The fourth-order valence-electron chi connectivity index (χ4n) is 2.55. The van der Waals surface area contributed by atoms with E-state index in [1.54, 1.807) is 0 Å². The van der Waals surface area contributed by atoms with Gasteiger partial charge in [-0.1, -0.05) is 36.4 Å². The van der Waals surface area contributed by atoms with Crippen molar-refractivity contribution in [3.05, 3.63) is 72.1 Å². The van der Waals surface area contributed by atoms with Gasteiger partial charge in [0.1, 0.15) is 0 Å². The van der Waals surface area contributed by atoms with Crippen molar-refractivity contribution in [2.45, 2.75) is 12.6 Å². The molecule has 0 bridgehead atoms. The largest absolute Gasteiger partial charge is 0.387 e. The van der Waals surface area contributed by atoms with Crippen LogP contribution in [-0.2, 0) is 13.6 Å². The minimum atomic E-state index is -0.488. The zero-order chi connectivity index (χ0) is 14.7. The van der Waals surface area contributed by atoms with Crippen LogP contribution in [0.1, 0.15) is 17.2 Å². The number of aliphatic hydroxyl groups is 1. The molecule has 1 atom stereocenters. The summed E-state index contributed by atoms with van der Waals surface area (Å²) in [6.45, 7) is 1.32. The lowest BCUT2D eigenvalue weighted by Gasteiger charge is -2.13. The molecule has 0 radical (unpaired) electrons. The van der Waals surface area contributed by atoms with Crippen molar-refractivity contribution < 1.29 is 5.11 Å². The highest BCUT2D eigenvalue weighted by Gasteiger charge is 2.07. The Kier molecular flexibility index (Phi) is 4.04. The fourth-order valence-corrected chi connectivity index (χ4v) is 2.55. The van der Waals surface area contributed by atoms with Gasteiger partial charge in [0.25, 0.3) is 0 Å². The third kappa shape index (κ3) is 3.32. The summed E-state index contributed by atoms with van der Waals surface area (Å²) in [5, 5.41) is 16.0. The topological polar surface area (TPSA) is 37.2 Å². The van der Waals surface area contributed by atoms with E-state index in [2.05, 4.69) is 41.8 Å². The summed E-state index contributed by atoms with van der Waals surface area (Å²) in [5.41, 5.74) is 2.18. The number of nitrogens with zero attached hydrogens (tertiary/aromatic N) is 1. The Morgan fingerprint density at radius 3 is 2.67 bits per heavy atom. The van der Waals surface area contributed by atoms with E-state index in [9.17, 15) is 5.11 Å². The maximum absolute atomic E-state index is 10.3.